The van der Waals surface area contributed by atoms with Gasteiger partial charge in [0.2, 0.25) is 0 Å². The van der Waals surface area contributed by atoms with E-state index in [1.54, 1.807) is 13.0 Å². The number of hydrogen-bond acceptors (Lipinski definition) is 5. The van der Waals surface area contributed by atoms with Gasteiger partial charge in [-0.05, 0) is 35.9 Å². The molecule has 140 valence electrons. The molecule has 3 aromatic carbocycles. The minimum atomic E-state index is -4.34. The lowest BCUT2D eigenvalue weighted by Gasteiger charge is -2.14. The highest BCUT2D eigenvalue weighted by Gasteiger charge is 2.15. The molecule has 0 atom stereocenters. The third kappa shape index (κ3) is 4.10. The first-order valence-corrected chi connectivity index (χ1v) is 9.60. The van der Waals surface area contributed by atoms with Gasteiger partial charge in [-0.25, -0.2) is 4.79 Å². The Balaban J connectivity index is 2.03. The van der Waals surface area contributed by atoms with Crippen LogP contribution in [0.4, 0.5) is 0 Å². The predicted molar refractivity (Wildman–Crippen MR) is 103 cm³/mol. The molecular weight excluding hydrogens is 368 g/mol. The van der Waals surface area contributed by atoms with E-state index >= 15 is 0 Å². The van der Waals surface area contributed by atoms with E-state index in [1.165, 1.54) is 12.1 Å². The molecule has 0 spiro atoms. The number of ether oxygens (including phenoxy) is 2. The van der Waals surface area contributed by atoms with Crippen molar-refractivity contribution in [3.05, 3.63) is 60.7 Å². The first-order valence-electron chi connectivity index (χ1n) is 8.16. The maximum atomic E-state index is 11.5. The first kappa shape index (κ1) is 18.9. The van der Waals surface area contributed by atoms with E-state index in [0.717, 1.165) is 16.2 Å². The van der Waals surface area contributed by atoms with Crippen molar-refractivity contribution in [1.82, 2.24) is 0 Å². The summed E-state index contributed by atoms with van der Waals surface area (Å²) in [6, 6.07) is 13.7. The summed E-state index contributed by atoms with van der Waals surface area (Å²) in [4.78, 5) is 11.2. The van der Waals surface area contributed by atoms with Crippen molar-refractivity contribution in [2.45, 2.75) is 11.8 Å². The fourth-order valence-electron chi connectivity index (χ4n) is 2.72. The molecule has 0 aromatic heterocycles. The molecule has 0 saturated heterocycles. The van der Waals surface area contributed by atoms with Crippen molar-refractivity contribution < 1.29 is 27.2 Å². The number of carbonyl (C=O) groups is 1. The second-order valence-electron chi connectivity index (χ2n) is 6.05. The summed E-state index contributed by atoms with van der Waals surface area (Å²) in [5.74, 6) is -0.0463. The van der Waals surface area contributed by atoms with Gasteiger partial charge in [-0.3, -0.25) is 4.55 Å². The van der Waals surface area contributed by atoms with Crippen molar-refractivity contribution in [3.8, 4) is 5.75 Å². The average Bonchev–Trinajstić information content (AvgIpc) is 2.62. The molecule has 0 amide bonds. The van der Waals surface area contributed by atoms with Gasteiger partial charge < -0.3 is 9.47 Å². The predicted octanol–water partition coefficient (Wildman–Crippen LogP) is 3.74. The summed E-state index contributed by atoms with van der Waals surface area (Å²) in [6.45, 7) is 5.17. The van der Waals surface area contributed by atoms with E-state index in [2.05, 4.69) is 6.58 Å². The lowest BCUT2D eigenvalue weighted by atomic mass is 10.0. The molecule has 6 nitrogen and oxygen atoms in total. The molecule has 0 aliphatic rings. The van der Waals surface area contributed by atoms with Gasteiger partial charge in [0.15, 0.2) is 0 Å². The Kier molecular flexibility index (Phi) is 5.16. The second kappa shape index (κ2) is 7.38. The zero-order valence-corrected chi connectivity index (χ0v) is 15.5. The van der Waals surface area contributed by atoms with Gasteiger partial charge in [0, 0.05) is 16.3 Å². The van der Waals surface area contributed by atoms with Crippen LogP contribution >= 0.6 is 0 Å². The number of fused-ring (bicyclic) bond motifs is 2. The first-order chi connectivity index (χ1) is 12.8. The molecule has 0 radical (unpaired) electrons. The van der Waals surface area contributed by atoms with Crippen LogP contribution in [0.5, 0.6) is 5.75 Å². The van der Waals surface area contributed by atoms with Crippen molar-refractivity contribution in [2.75, 3.05) is 13.2 Å². The molecule has 1 N–H and O–H groups in total. The summed E-state index contributed by atoms with van der Waals surface area (Å²) in [5.41, 5.74) is 0.295. The summed E-state index contributed by atoms with van der Waals surface area (Å²) in [7, 11) is -4.34. The number of rotatable bonds is 6. The quantitative estimate of drug-likeness (QED) is 0.228. The Morgan fingerprint density at radius 1 is 1.04 bits per heavy atom. The summed E-state index contributed by atoms with van der Waals surface area (Å²) in [5, 5.41) is 2.99. The Hall–Kier alpha value is -2.90. The number of esters is 1. The average molecular weight is 386 g/mol. The van der Waals surface area contributed by atoms with Gasteiger partial charge in [0.25, 0.3) is 10.1 Å². The standard InChI is InChI=1S/C20H18O6S/c1-13(2)20(21)26-10-9-25-19-17-6-4-3-5-14(17)11-15-7-8-16(12-18(15)19)27(22,23)24/h3-8,11-12H,1,9-10H2,2H3,(H,22,23,24). The van der Waals surface area contributed by atoms with Gasteiger partial charge in [-0.15, -0.1) is 0 Å². The zero-order chi connectivity index (χ0) is 19.6. The van der Waals surface area contributed by atoms with Crippen LogP contribution in [0, 0.1) is 0 Å². The van der Waals surface area contributed by atoms with E-state index < -0.39 is 16.1 Å². The zero-order valence-electron chi connectivity index (χ0n) is 14.6. The van der Waals surface area contributed by atoms with Crippen molar-refractivity contribution >= 4 is 37.6 Å². The normalized spacial score (nSPS) is 11.5. The van der Waals surface area contributed by atoms with E-state index in [0.29, 0.717) is 16.7 Å². The molecule has 3 aromatic rings. The SMILES string of the molecule is C=C(C)C(=O)OCCOc1c2ccccc2cc2ccc(S(=O)(=O)O)cc12. The van der Waals surface area contributed by atoms with Crippen LogP contribution < -0.4 is 4.74 Å². The third-order valence-corrected chi connectivity index (χ3v) is 4.84. The van der Waals surface area contributed by atoms with Gasteiger partial charge in [0.05, 0.1) is 4.90 Å². The van der Waals surface area contributed by atoms with Gasteiger partial charge in [-0.2, -0.15) is 8.42 Å². The fraction of sp³-hybridized carbons (Fsp3) is 0.150. The molecule has 0 aliphatic heterocycles. The van der Waals surface area contributed by atoms with E-state index in [1.807, 2.05) is 30.3 Å². The summed E-state index contributed by atoms with van der Waals surface area (Å²) < 4.78 is 43.2. The molecular formula is C20H18O6S. The minimum absolute atomic E-state index is 0.0222. The van der Waals surface area contributed by atoms with Crippen LogP contribution in [0.3, 0.4) is 0 Å². The third-order valence-electron chi connectivity index (χ3n) is 4.00. The van der Waals surface area contributed by atoms with E-state index in [4.69, 9.17) is 9.47 Å². The minimum Gasteiger partial charge on any atom is -0.489 e. The molecule has 0 aliphatic carbocycles. The van der Waals surface area contributed by atoms with Crippen LogP contribution in [0.15, 0.2) is 65.6 Å². The number of carbonyl (C=O) groups excluding carboxylic acids is 1. The molecule has 7 heteroatoms. The van der Waals surface area contributed by atoms with Crippen LogP contribution in [0.2, 0.25) is 0 Å². The molecule has 0 bridgehead atoms. The smallest absolute Gasteiger partial charge is 0.333 e. The molecule has 0 unspecified atom stereocenters. The lowest BCUT2D eigenvalue weighted by molar-refractivity contribution is -0.139. The Bertz CT molecular complexity index is 1150. The Morgan fingerprint density at radius 3 is 2.44 bits per heavy atom. The molecule has 27 heavy (non-hydrogen) atoms. The van der Waals surface area contributed by atoms with Crippen LogP contribution in [0.1, 0.15) is 6.92 Å². The van der Waals surface area contributed by atoms with Crippen LogP contribution in [-0.2, 0) is 19.6 Å². The fourth-order valence-corrected chi connectivity index (χ4v) is 3.22. The Morgan fingerprint density at radius 2 is 1.74 bits per heavy atom. The van der Waals surface area contributed by atoms with Crippen LogP contribution in [0.25, 0.3) is 21.5 Å². The Labute approximate surface area is 156 Å². The van der Waals surface area contributed by atoms with Gasteiger partial charge in [-0.1, -0.05) is 36.9 Å². The summed E-state index contributed by atoms with van der Waals surface area (Å²) in [6.07, 6.45) is 0. The number of benzene rings is 3. The van der Waals surface area contributed by atoms with Crippen molar-refractivity contribution in [3.63, 3.8) is 0 Å². The van der Waals surface area contributed by atoms with Gasteiger partial charge in [0.1, 0.15) is 19.0 Å². The molecule has 0 saturated carbocycles. The maximum absolute atomic E-state index is 11.5. The monoisotopic (exact) mass is 386 g/mol. The number of hydrogen-bond donors (Lipinski definition) is 1. The van der Waals surface area contributed by atoms with E-state index in [-0.39, 0.29) is 18.1 Å². The molecule has 0 fully saturated rings. The second-order valence-corrected chi connectivity index (χ2v) is 7.47. The highest BCUT2D eigenvalue weighted by molar-refractivity contribution is 7.85. The lowest BCUT2D eigenvalue weighted by Crippen LogP contribution is -2.12. The van der Waals surface area contributed by atoms with Crippen molar-refractivity contribution in [1.29, 1.82) is 0 Å². The highest BCUT2D eigenvalue weighted by atomic mass is 32.2. The molecule has 0 heterocycles. The molecule has 3 rings (SSSR count). The summed E-state index contributed by atoms with van der Waals surface area (Å²) >= 11 is 0. The largest absolute Gasteiger partial charge is 0.489 e. The topological polar surface area (TPSA) is 89.9 Å². The maximum Gasteiger partial charge on any atom is 0.333 e. The highest BCUT2D eigenvalue weighted by Crippen LogP contribution is 2.36. The van der Waals surface area contributed by atoms with Crippen LogP contribution in [-0.4, -0.2) is 32.2 Å². The van der Waals surface area contributed by atoms with E-state index in [9.17, 15) is 17.8 Å². The van der Waals surface area contributed by atoms with Crippen molar-refractivity contribution in [2.24, 2.45) is 0 Å². The van der Waals surface area contributed by atoms with Gasteiger partial charge >= 0.3 is 5.97 Å².